The van der Waals surface area contributed by atoms with Crippen molar-refractivity contribution < 1.29 is 4.79 Å². The lowest BCUT2D eigenvalue weighted by molar-refractivity contribution is -0.122. The Kier molecular flexibility index (Phi) is 5.01. The Balaban J connectivity index is 1.69. The predicted molar refractivity (Wildman–Crippen MR) is 73.4 cm³/mol. The summed E-state index contributed by atoms with van der Waals surface area (Å²) in [6.07, 6.45) is 4.31. The molecule has 0 aromatic carbocycles. The second-order valence-electron chi connectivity index (χ2n) is 6.10. The molecule has 1 amide bonds. The molecule has 2 saturated heterocycles. The van der Waals surface area contributed by atoms with E-state index in [0.29, 0.717) is 24.3 Å². The first-order chi connectivity index (χ1) is 8.65. The van der Waals surface area contributed by atoms with Gasteiger partial charge in [-0.2, -0.15) is 0 Å². The Morgan fingerprint density at radius 1 is 1.50 bits per heavy atom. The summed E-state index contributed by atoms with van der Waals surface area (Å²) in [6.45, 7) is 6.56. The average molecular weight is 253 g/mol. The van der Waals surface area contributed by atoms with E-state index in [2.05, 4.69) is 29.5 Å². The summed E-state index contributed by atoms with van der Waals surface area (Å²) in [5.74, 6) is 1.42. The minimum atomic E-state index is 0.244. The van der Waals surface area contributed by atoms with Crippen molar-refractivity contribution in [2.75, 3.05) is 33.2 Å². The van der Waals surface area contributed by atoms with Crippen molar-refractivity contribution >= 4 is 5.91 Å². The molecule has 3 atom stereocenters. The van der Waals surface area contributed by atoms with E-state index in [9.17, 15) is 4.79 Å². The Morgan fingerprint density at radius 3 is 2.94 bits per heavy atom. The van der Waals surface area contributed by atoms with Crippen molar-refractivity contribution in [1.29, 1.82) is 0 Å². The van der Waals surface area contributed by atoms with E-state index < -0.39 is 0 Å². The standard InChI is InChI=1S/C14H27N3O/c1-11(12-4-3-6-15-9-12)8-14(18)16-13-5-7-17(2)10-13/h11-13,15H,3-10H2,1-2H3,(H,16,18). The minimum absolute atomic E-state index is 0.244. The average Bonchev–Trinajstić information content (AvgIpc) is 2.75. The normalized spacial score (nSPS) is 31.2. The summed E-state index contributed by atoms with van der Waals surface area (Å²) in [4.78, 5) is 14.3. The number of hydrogen-bond donors (Lipinski definition) is 2. The highest BCUT2D eigenvalue weighted by atomic mass is 16.1. The molecule has 0 radical (unpaired) electrons. The summed E-state index contributed by atoms with van der Waals surface area (Å²) in [5, 5.41) is 6.61. The first kappa shape index (κ1) is 13.8. The van der Waals surface area contributed by atoms with Crippen molar-refractivity contribution in [1.82, 2.24) is 15.5 Å². The van der Waals surface area contributed by atoms with Gasteiger partial charge in [0.05, 0.1) is 0 Å². The molecule has 2 fully saturated rings. The molecular formula is C14H27N3O. The van der Waals surface area contributed by atoms with Gasteiger partial charge >= 0.3 is 0 Å². The number of rotatable bonds is 4. The molecule has 3 unspecified atom stereocenters. The lowest BCUT2D eigenvalue weighted by atomic mass is 9.85. The fourth-order valence-corrected chi connectivity index (χ4v) is 3.16. The van der Waals surface area contributed by atoms with Crippen LogP contribution in [0.15, 0.2) is 0 Å². The molecule has 4 heteroatoms. The summed E-state index contributed by atoms with van der Waals surface area (Å²) >= 11 is 0. The van der Waals surface area contributed by atoms with E-state index in [4.69, 9.17) is 0 Å². The fourth-order valence-electron chi connectivity index (χ4n) is 3.16. The van der Waals surface area contributed by atoms with E-state index in [1.807, 2.05) is 0 Å². The molecule has 0 bridgehead atoms. The van der Waals surface area contributed by atoms with Crippen LogP contribution >= 0.6 is 0 Å². The largest absolute Gasteiger partial charge is 0.352 e. The number of likely N-dealkylation sites (N-methyl/N-ethyl adjacent to an activating group) is 1. The summed E-state index contributed by atoms with van der Waals surface area (Å²) < 4.78 is 0. The highest BCUT2D eigenvalue weighted by molar-refractivity contribution is 5.76. The van der Waals surface area contributed by atoms with Gasteiger partial charge < -0.3 is 15.5 Å². The molecule has 2 N–H and O–H groups in total. The van der Waals surface area contributed by atoms with Gasteiger partial charge in [0.1, 0.15) is 0 Å². The Labute approximate surface area is 110 Å². The van der Waals surface area contributed by atoms with Crippen LogP contribution in [-0.4, -0.2) is 50.1 Å². The monoisotopic (exact) mass is 253 g/mol. The van der Waals surface area contributed by atoms with Crippen LogP contribution in [0.25, 0.3) is 0 Å². The topological polar surface area (TPSA) is 44.4 Å². The van der Waals surface area contributed by atoms with E-state index >= 15 is 0 Å². The van der Waals surface area contributed by atoms with Gasteiger partial charge in [0.2, 0.25) is 5.91 Å². The van der Waals surface area contributed by atoms with Gasteiger partial charge in [-0.05, 0) is 57.8 Å². The van der Waals surface area contributed by atoms with Gasteiger partial charge in [-0.1, -0.05) is 6.92 Å². The van der Waals surface area contributed by atoms with Crippen molar-refractivity contribution in [3.05, 3.63) is 0 Å². The van der Waals surface area contributed by atoms with E-state index in [1.165, 1.54) is 12.8 Å². The smallest absolute Gasteiger partial charge is 0.220 e. The highest BCUT2D eigenvalue weighted by Gasteiger charge is 2.25. The predicted octanol–water partition coefficient (Wildman–Crippen LogP) is 0.833. The van der Waals surface area contributed by atoms with Crippen LogP contribution in [0, 0.1) is 11.8 Å². The van der Waals surface area contributed by atoms with Gasteiger partial charge in [-0.3, -0.25) is 4.79 Å². The Bertz CT molecular complexity index is 276. The number of carbonyl (C=O) groups excluding carboxylic acids is 1. The number of piperidine rings is 1. The number of carbonyl (C=O) groups is 1. The molecule has 0 aromatic heterocycles. The van der Waals surface area contributed by atoms with Gasteiger partial charge in [-0.25, -0.2) is 0 Å². The zero-order chi connectivity index (χ0) is 13.0. The van der Waals surface area contributed by atoms with E-state index in [0.717, 1.165) is 32.6 Å². The van der Waals surface area contributed by atoms with Crippen molar-refractivity contribution in [2.45, 2.75) is 38.6 Å². The highest BCUT2D eigenvalue weighted by Crippen LogP contribution is 2.22. The fraction of sp³-hybridized carbons (Fsp3) is 0.929. The van der Waals surface area contributed by atoms with E-state index in [1.54, 1.807) is 0 Å². The number of nitrogens with zero attached hydrogens (tertiary/aromatic N) is 1. The van der Waals surface area contributed by atoms with Crippen molar-refractivity contribution in [2.24, 2.45) is 11.8 Å². The third-order valence-electron chi connectivity index (χ3n) is 4.40. The molecule has 0 saturated carbocycles. The second-order valence-corrected chi connectivity index (χ2v) is 6.10. The lowest BCUT2D eigenvalue weighted by Crippen LogP contribution is -2.39. The van der Waals surface area contributed by atoms with Crippen molar-refractivity contribution in [3.8, 4) is 0 Å². The first-order valence-electron chi connectivity index (χ1n) is 7.34. The molecule has 0 aliphatic carbocycles. The van der Waals surface area contributed by atoms with Gasteiger partial charge in [0.25, 0.3) is 0 Å². The van der Waals surface area contributed by atoms with Crippen molar-refractivity contribution in [3.63, 3.8) is 0 Å². The third kappa shape index (κ3) is 3.95. The third-order valence-corrected chi connectivity index (χ3v) is 4.40. The van der Waals surface area contributed by atoms with Crippen LogP contribution < -0.4 is 10.6 Å². The Morgan fingerprint density at radius 2 is 2.33 bits per heavy atom. The number of hydrogen-bond acceptors (Lipinski definition) is 3. The molecule has 104 valence electrons. The van der Waals surface area contributed by atoms with Gasteiger partial charge in [0.15, 0.2) is 0 Å². The van der Waals surface area contributed by atoms with Gasteiger partial charge in [-0.15, -0.1) is 0 Å². The molecule has 0 spiro atoms. The SMILES string of the molecule is CC(CC(=O)NC1CCN(C)C1)C1CCCNC1. The van der Waals surface area contributed by atoms with E-state index in [-0.39, 0.29) is 5.91 Å². The second kappa shape index (κ2) is 6.53. The molecule has 2 rings (SSSR count). The molecular weight excluding hydrogens is 226 g/mol. The minimum Gasteiger partial charge on any atom is -0.352 e. The van der Waals surface area contributed by atoms with Crippen LogP contribution in [0.2, 0.25) is 0 Å². The summed E-state index contributed by atoms with van der Waals surface area (Å²) in [7, 11) is 2.11. The zero-order valence-electron chi connectivity index (χ0n) is 11.7. The molecule has 0 aromatic rings. The summed E-state index contributed by atoms with van der Waals surface area (Å²) in [5.41, 5.74) is 0. The van der Waals surface area contributed by atoms with Crippen LogP contribution in [0.1, 0.15) is 32.6 Å². The number of likely N-dealkylation sites (tertiary alicyclic amines) is 1. The van der Waals surface area contributed by atoms with Crippen LogP contribution in [0.4, 0.5) is 0 Å². The molecule has 18 heavy (non-hydrogen) atoms. The van der Waals surface area contributed by atoms with Crippen LogP contribution in [0.5, 0.6) is 0 Å². The first-order valence-corrected chi connectivity index (χ1v) is 7.34. The number of nitrogens with one attached hydrogen (secondary N) is 2. The summed E-state index contributed by atoms with van der Waals surface area (Å²) in [6, 6.07) is 0.374. The lowest BCUT2D eigenvalue weighted by Gasteiger charge is -2.28. The maximum atomic E-state index is 12.0. The van der Waals surface area contributed by atoms with Crippen LogP contribution in [-0.2, 0) is 4.79 Å². The van der Waals surface area contributed by atoms with Crippen LogP contribution in [0.3, 0.4) is 0 Å². The maximum Gasteiger partial charge on any atom is 0.220 e. The maximum absolute atomic E-state index is 12.0. The molecule has 2 aliphatic heterocycles. The molecule has 4 nitrogen and oxygen atoms in total. The zero-order valence-corrected chi connectivity index (χ0v) is 11.7. The van der Waals surface area contributed by atoms with Gasteiger partial charge in [0, 0.05) is 19.0 Å². The number of amides is 1. The molecule has 2 aliphatic rings. The Hall–Kier alpha value is -0.610. The molecule has 2 heterocycles. The quantitative estimate of drug-likeness (QED) is 0.780.